The second-order valence-corrected chi connectivity index (χ2v) is 7.65. The number of anilines is 1. The Morgan fingerprint density at radius 3 is 2.50 bits per heavy atom. The van der Waals surface area contributed by atoms with Gasteiger partial charge >= 0.3 is 6.09 Å². The Labute approximate surface area is 154 Å². The van der Waals surface area contributed by atoms with Crippen LogP contribution in [0.5, 0.6) is 0 Å². The summed E-state index contributed by atoms with van der Waals surface area (Å²) in [5, 5.41) is 9.60. The van der Waals surface area contributed by atoms with Crippen LogP contribution in [-0.4, -0.2) is 75.4 Å². The van der Waals surface area contributed by atoms with Crippen LogP contribution in [-0.2, 0) is 7.05 Å². The molecule has 1 aromatic heterocycles. The minimum absolute atomic E-state index is 0.0439. The third kappa shape index (κ3) is 3.85. The van der Waals surface area contributed by atoms with E-state index in [1.807, 2.05) is 0 Å². The fourth-order valence-corrected chi connectivity index (χ4v) is 4.08. The lowest BCUT2D eigenvalue weighted by molar-refractivity contribution is 0.0258. The highest BCUT2D eigenvalue weighted by Crippen LogP contribution is 2.29. The van der Waals surface area contributed by atoms with Crippen molar-refractivity contribution in [1.29, 1.82) is 0 Å². The third-order valence-corrected chi connectivity index (χ3v) is 5.80. The largest absolute Gasteiger partial charge is 0.465 e. The summed E-state index contributed by atoms with van der Waals surface area (Å²) in [4.78, 5) is 34.0. The van der Waals surface area contributed by atoms with E-state index < -0.39 is 6.09 Å². The number of hydrogen-bond acceptors (Lipinski definition) is 5. The van der Waals surface area contributed by atoms with Gasteiger partial charge in [-0.05, 0) is 32.6 Å². The Kier molecular flexibility index (Phi) is 5.50. The maximum atomic E-state index is 11.8. The normalized spacial score (nSPS) is 22.8. The first kappa shape index (κ1) is 18.7. The van der Waals surface area contributed by atoms with Crippen molar-refractivity contribution in [3.8, 4) is 0 Å². The summed E-state index contributed by atoms with van der Waals surface area (Å²) < 4.78 is 1.46. The van der Waals surface area contributed by atoms with E-state index in [1.54, 1.807) is 24.3 Å². The SMILES string of the molecule is CC(C)N1CCN(C(=O)O)C(C2CCN(c3cc(=O)n(C)cn3)CC2)C1. The molecule has 3 rings (SSSR count). The van der Waals surface area contributed by atoms with E-state index >= 15 is 0 Å². The second kappa shape index (κ2) is 7.65. The molecule has 3 heterocycles. The first-order valence-corrected chi connectivity index (χ1v) is 9.38. The van der Waals surface area contributed by atoms with Gasteiger partial charge in [-0.3, -0.25) is 9.69 Å². The summed E-state index contributed by atoms with van der Waals surface area (Å²) in [6.45, 7) is 8.12. The monoisotopic (exact) mass is 363 g/mol. The van der Waals surface area contributed by atoms with Crippen LogP contribution in [0.2, 0.25) is 0 Å². The van der Waals surface area contributed by atoms with Crippen molar-refractivity contribution >= 4 is 11.9 Å². The van der Waals surface area contributed by atoms with Gasteiger partial charge in [-0.1, -0.05) is 0 Å². The molecule has 2 saturated heterocycles. The molecule has 1 atom stereocenters. The molecule has 1 N–H and O–H groups in total. The van der Waals surface area contributed by atoms with E-state index in [0.29, 0.717) is 24.3 Å². The van der Waals surface area contributed by atoms with Crippen LogP contribution >= 0.6 is 0 Å². The number of carboxylic acid groups (broad SMARTS) is 1. The fraction of sp³-hybridized carbons (Fsp3) is 0.722. The predicted octanol–water partition coefficient (Wildman–Crippen LogP) is 1.07. The van der Waals surface area contributed by atoms with E-state index in [-0.39, 0.29) is 11.6 Å². The van der Waals surface area contributed by atoms with Gasteiger partial charge in [0.1, 0.15) is 5.82 Å². The minimum atomic E-state index is -0.811. The lowest BCUT2D eigenvalue weighted by Crippen LogP contribution is -2.60. The van der Waals surface area contributed by atoms with Crippen LogP contribution in [0.3, 0.4) is 0 Å². The van der Waals surface area contributed by atoms with E-state index in [1.165, 1.54) is 4.57 Å². The Balaban J connectivity index is 1.67. The smallest absolute Gasteiger partial charge is 0.407 e. The van der Waals surface area contributed by atoms with Crippen molar-refractivity contribution in [3.63, 3.8) is 0 Å². The first-order chi connectivity index (χ1) is 12.4. The number of carbonyl (C=O) groups is 1. The zero-order valence-electron chi connectivity index (χ0n) is 15.8. The molecule has 26 heavy (non-hydrogen) atoms. The molecular weight excluding hydrogens is 334 g/mol. The number of nitrogens with zero attached hydrogens (tertiary/aromatic N) is 5. The van der Waals surface area contributed by atoms with Crippen molar-refractivity contribution in [1.82, 2.24) is 19.4 Å². The average molecular weight is 363 g/mol. The standard InChI is InChI=1S/C18H29N5O3/c1-13(2)22-8-9-23(18(25)26)15(11-22)14-4-6-21(7-5-14)16-10-17(24)20(3)12-19-16/h10,12-15H,4-9,11H2,1-3H3,(H,25,26). The van der Waals surface area contributed by atoms with Gasteiger partial charge in [-0.15, -0.1) is 0 Å². The molecule has 144 valence electrons. The van der Waals surface area contributed by atoms with Gasteiger partial charge < -0.3 is 19.5 Å². The number of piperidine rings is 1. The molecule has 1 unspecified atom stereocenters. The van der Waals surface area contributed by atoms with E-state index in [4.69, 9.17) is 0 Å². The first-order valence-electron chi connectivity index (χ1n) is 9.38. The Morgan fingerprint density at radius 2 is 1.92 bits per heavy atom. The second-order valence-electron chi connectivity index (χ2n) is 7.65. The summed E-state index contributed by atoms with van der Waals surface area (Å²) in [5.74, 6) is 1.06. The van der Waals surface area contributed by atoms with Crippen molar-refractivity contribution in [2.24, 2.45) is 13.0 Å². The molecule has 0 radical (unpaired) electrons. The molecule has 0 spiro atoms. The van der Waals surface area contributed by atoms with Gasteiger partial charge in [-0.25, -0.2) is 9.78 Å². The van der Waals surface area contributed by atoms with Gasteiger partial charge in [-0.2, -0.15) is 0 Å². The maximum Gasteiger partial charge on any atom is 0.407 e. The molecule has 2 aliphatic rings. The number of aromatic nitrogens is 2. The molecule has 0 aromatic carbocycles. The highest BCUT2D eigenvalue weighted by molar-refractivity contribution is 5.65. The summed E-state index contributed by atoms with van der Waals surface area (Å²) in [6, 6.07) is 2.05. The Hall–Kier alpha value is -2.09. The third-order valence-electron chi connectivity index (χ3n) is 5.80. The van der Waals surface area contributed by atoms with Crippen LogP contribution in [0.25, 0.3) is 0 Å². The van der Waals surface area contributed by atoms with Crippen LogP contribution in [0.15, 0.2) is 17.2 Å². The lowest BCUT2D eigenvalue weighted by Gasteiger charge is -2.47. The quantitative estimate of drug-likeness (QED) is 0.865. The zero-order chi connectivity index (χ0) is 18.8. The Morgan fingerprint density at radius 1 is 1.23 bits per heavy atom. The number of piperazine rings is 1. The van der Waals surface area contributed by atoms with Crippen molar-refractivity contribution in [2.45, 2.75) is 38.8 Å². The molecule has 8 nitrogen and oxygen atoms in total. The summed E-state index contributed by atoms with van der Waals surface area (Å²) in [6.07, 6.45) is 2.57. The highest BCUT2D eigenvalue weighted by atomic mass is 16.4. The zero-order valence-corrected chi connectivity index (χ0v) is 15.8. The number of rotatable bonds is 3. The molecule has 1 aromatic rings. The lowest BCUT2D eigenvalue weighted by atomic mass is 9.87. The molecule has 0 saturated carbocycles. The fourth-order valence-electron chi connectivity index (χ4n) is 4.08. The van der Waals surface area contributed by atoms with Gasteiger partial charge in [0.2, 0.25) is 0 Å². The van der Waals surface area contributed by atoms with Crippen LogP contribution in [0.1, 0.15) is 26.7 Å². The Bertz CT molecular complexity index is 696. The topological polar surface area (TPSA) is 81.9 Å². The van der Waals surface area contributed by atoms with Crippen molar-refractivity contribution < 1.29 is 9.90 Å². The average Bonchev–Trinajstić information content (AvgIpc) is 2.63. The van der Waals surface area contributed by atoms with Gasteiger partial charge in [0.15, 0.2) is 0 Å². The van der Waals surface area contributed by atoms with Crippen LogP contribution in [0.4, 0.5) is 10.6 Å². The van der Waals surface area contributed by atoms with Crippen molar-refractivity contribution in [3.05, 3.63) is 22.7 Å². The summed E-state index contributed by atoms with van der Waals surface area (Å²) >= 11 is 0. The molecule has 0 bridgehead atoms. The molecule has 2 aliphatic heterocycles. The van der Waals surface area contributed by atoms with E-state index in [9.17, 15) is 14.7 Å². The summed E-state index contributed by atoms with van der Waals surface area (Å²) in [5.41, 5.74) is -0.0611. The molecule has 1 amide bonds. The molecule has 0 aliphatic carbocycles. The van der Waals surface area contributed by atoms with E-state index in [2.05, 4.69) is 28.6 Å². The predicted molar refractivity (Wildman–Crippen MR) is 99.6 cm³/mol. The van der Waals surface area contributed by atoms with Gasteiger partial charge in [0.25, 0.3) is 5.56 Å². The molecular formula is C18H29N5O3. The van der Waals surface area contributed by atoms with E-state index in [0.717, 1.165) is 39.0 Å². The number of aryl methyl sites for hydroxylation is 1. The number of amides is 1. The van der Waals surface area contributed by atoms with Crippen LogP contribution in [0, 0.1) is 5.92 Å². The van der Waals surface area contributed by atoms with Crippen molar-refractivity contribution in [2.75, 3.05) is 37.6 Å². The van der Waals surface area contributed by atoms with Gasteiger partial charge in [0, 0.05) is 51.9 Å². The molecule has 2 fully saturated rings. The number of hydrogen-bond donors (Lipinski definition) is 1. The highest BCUT2D eigenvalue weighted by Gasteiger charge is 2.37. The molecule has 8 heteroatoms. The van der Waals surface area contributed by atoms with Crippen LogP contribution < -0.4 is 10.5 Å². The minimum Gasteiger partial charge on any atom is -0.465 e. The van der Waals surface area contributed by atoms with Gasteiger partial charge in [0.05, 0.1) is 12.4 Å². The maximum absolute atomic E-state index is 11.8. The summed E-state index contributed by atoms with van der Waals surface area (Å²) in [7, 11) is 1.69.